The van der Waals surface area contributed by atoms with Gasteiger partial charge in [-0.2, -0.15) is 0 Å². The lowest BCUT2D eigenvalue weighted by atomic mass is 9.97. The van der Waals surface area contributed by atoms with E-state index in [1.807, 2.05) is 32.0 Å². The van der Waals surface area contributed by atoms with Crippen molar-refractivity contribution in [1.29, 1.82) is 0 Å². The van der Waals surface area contributed by atoms with Crippen molar-refractivity contribution in [2.24, 2.45) is 5.92 Å². The van der Waals surface area contributed by atoms with Crippen molar-refractivity contribution in [3.63, 3.8) is 0 Å². The second kappa shape index (κ2) is 7.18. The Morgan fingerprint density at radius 3 is 2.96 bits per heavy atom. The molecule has 0 aliphatic carbocycles. The second-order valence-electron chi connectivity index (χ2n) is 6.23. The number of rotatable bonds is 3. The van der Waals surface area contributed by atoms with Crippen molar-refractivity contribution in [2.75, 3.05) is 23.3 Å². The highest BCUT2D eigenvalue weighted by molar-refractivity contribution is 6.31. The van der Waals surface area contributed by atoms with Gasteiger partial charge in [0.05, 0.1) is 5.92 Å². The fraction of sp³-hybridized carbons (Fsp3) is 0.389. The topological polar surface area (TPSA) is 58.1 Å². The average Bonchev–Trinajstić information content (AvgIpc) is 2.58. The van der Waals surface area contributed by atoms with Crippen LogP contribution in [-0.4, -0.2) is 29.0 Å². The summed E-state index contributed by atoms with van der Waals surface area (Å²) in [7, 11) is 0. The van der Waals surface area contributed by atoms with Crippen LogP contribution in [0.5, 0.6) is 0 Å². The van der Waals surface area contributed by atoms with Crippen LogP contribution in [0, 0.1) is 19.8 Å². The van der Waals surface area contributed by atoms with Crippen LogP contribution in [0.3, 0.4) is 0 Å². The van der Waals surface area contributed by atoms with E-state index in [1.165, 1.54) is 0 Å². The predicted molar refractivity (Wildman–Crippen MR) is 96.5 cm³/mol. The molecule has 1 saturated heterocycles. The van der Waals surface area contributed by atoms with Crippen molar-refractivity contribution < 1.29 is 4.79 Å². The number of anilines is 2. The van der Waals surface area contributed by atoms with E-state index in [2.05, 4.69) is 20.2 Å². The Bertz CT molecular complexity index is 750. The van der Waals surface area contributed by atoms with E-state index < -0.39 is 0 Å². The highest BCUT2D eigenvalue weighted by Gasteiger charge is 2.27. The molecule has 0 saturated carbocycles. The van der Waals surface area contributed by atoms with E-state index in [0.717, 1.165) is 36.3 Å². The largest absolute Gasteiger partial charge is 0.340 e. The van der Waals surface area contributed by atoms with Crippen molar-refractivity contribution in [3.8, 4) is 0 Å². The van der Waals surface area contributed by atoms with E-state index in [0.29, 0.717) is 17.5 Å². The number of hydrogen-bond donors (Lipinski definition) is 1. The molecule has 0 bridgehead atoms. The zero-order chi connectivity index (χ0) is 17.1. The molecule has 6 heteroatoms. The molecule has 3 rings (SSSR count). The fourth-order valence-electron chi connectivity index (χ4n) is 2.92. The summed E-state index contributed by atoms with van der Waals surface area (Å²) < 4.78 is 0. The lowest BCUT2D eigenvalue weighted by Gasteiger charge is -2.32. The molecular formula is C18H21ClN4O. The van der Waals surface area contributed by atoms with E-state index in [-0.39, 0.29) is 11.8 Å². The number of amides is 1. The normalized spacial score (nSPS) is 17.6. The summed E-state index contributed by atoms with van der Waals surface area (Å²) in [4.78, 5) is 23.5. The summed E-state index contributed by atoms with van der Waals surface area (Å²) in [6, 6.07) is 7.40. The Hall–Kier alpha value is -2.14. The van der Waals surface area contributed by atoms with Crippen LogP contribution in [0.4, 0.5) is 11.6 Å². The number of piperidine rings is 1. The lowest BCUT2D eigenvalue weighted by molar-refractivity contribution is -0.120. The number of carbonyl (C=O) groups is 1. The minimum Gasteiger partial charge on any atom is -0.340 e. The Kier molecular flexibility index (Phi) is 5.00. The molecule has 1 aromatic carbocycles. The van der Waals surface area contributed by atoms with E-state index in [9.17, 15) is 4.79 Å². The molecule has 1 aliphatic rings. The Labute approximate surface area is 147 Å². The first kappa shape index (κ1) is 16.7. The molecule has 0 unspecified atom stereocenters. The van der Waals surface area contributed by atoms with Gasteiger partial charge >= 0.3 is 0 Å². The summed E-state index contributed by atoms with van der Waals surface area (Å²) in [6.07, 6.45) is 3.58. The maximum atomic E-state index is 12.7. The summed E-state index contributed by atoms with van der Waals surface area (Å²) >= 11 is 6.03. The van der Waals surface area contributed by atoms with Gasteiger partial charge in [0.25, 0.3) is 0 Å². The molecule has 24 heavy (non-hydrogen) atoms. The standard InChI is InChI=1S/C18H21ClN4O/c1-12-5-6-15(19)10-16(12)22-17(24)14-4-3-9-23(11-14)18-20-8-7-13(2)21-18/h5-8,10,14H,3-4,9,11H2,1-2H3,(H,22,24)/t14-/m0/s1. The average molecular weight is 345 g/mol. The summed E-state index contributed by atoms with van der Waals surface area (Å²) in [6.45, 7) is 5.42. The van der Waals surface area contributed by atoms with Crippen LogP contribution in [0.25, 0.3) is 0 Å². The first-order chi connectivity index (χ1) is 11.5. The van der Waals surface area contributed by atoms with Gasteiger partial charge in [0.2, 0.25) is 11.9 Å². The van der Waals surface area contributed by atoms with Crippen LogP contribution >= 0.6 is 11.6 Å². The van der Waals surface area contributed by atoms with Crippen molar-refractivity contribution in [2.45, 2.75) is 26.7 Å². The van der Waals surface area contributed by atoms with E-state index in [1.54, 1.807) is 12.3 Å². The SMILES string of the molecule is Cc1ccnc(N2CCC[C@H](C(=O)Nc3cc(Cl)ccc3C)C2)n1. The summed E-state index contributed by atoms with van der Waals surface area (Å²) in [5, 5.41) is 3.63. The third kappa shape index (κ3) is 3.85. The fourth-order valence-corrected chi connectivity index (χ4v) is 3.10. The van der Waals surface area contributed by atoms with Gasteiger partial charge in [-0.15, -0.1) is 0 Å². The second-order valence-corrected chi connectivity index (χ2v) is 6.67. The van der Waals surface area contributed by atoms with Gasteiger partial charge in [0.1, 0.15) is 0 Å². The minimum absolute atomic E-state index is 0.0257. The minimum atomic E-state index is -0.0822. The Balaban J connectivity index is 1.70. The summed E-state index contributed by atoms with van der Waals surface area (Å²) in [5.74, 6) is 0.644. The number of carbonyl (C=O) groups excluding carboxylic acids is 1. The highest BCUT2D eigenvalue weighted by Crippen LogP contribution is 2.24. The van der Waals surface area contributed by atoms with Crippen LogP contribution in [0.2, 0.25) is 5.02 Å². The molecule has 1 atom stereocenters. The van der Waals surface area contributed by atoms with Gasteiger partial charge in [0, 0.05) is 35.7 Å². The number of aromatic nitrogens is 2. The zero-order valence-corrected chi connectivity index (χ0v) is 14.7. The molecule has 1 fully saturated rings. The molecule has 1 aliphatic heterocycles. The monoisotopic (exact) mass is 344 g/mol. The molecule has 2 aromatic rings. The van der Waals surface area contributed by atoms with Gasteiger partial charge in [-0.1, -0.05) is 17.7 Å². The van der Waals surface area contributed by atoms with Gasteiger partial charge in [-0.05, 0) is 50.5 Å². The maximum Gasteiger partial charge on any atom is 0.229 e. The third-order valence-corrected chi connectivity index (χ3v) is 4.55. The van der Waals surface area contributed by atoms with Gasteiger partial charge in [0.15, 0.2) is 0 Å². The van der Waals surface area contributed by atoms with Crippen LogP contribution < -0.4 is 10.2 Å². The molecule has 0 radical (unpaired) electrons. The van der Waals surface area contributed by atoms with Gasteiger partial charge < -0.3 is 10.2 Å². The van der Waals surface area contributed by atoms with Crippen molar-refractivity contribution in [1.82, 2.24) is 9.97 Å². The third-order valence-electron chi connectivity index (χ3n) is 4.31. The molecule has 1 aromatic heterocycles. The summed E-state index contributed by atoms with van der Waals surface area (Å²) in [5.41, 5.74) is 2.71. The number of aryl methyl sites for hydroxylation is 2. The molecule has 2 heterocycles. The predicted octanol–water partition coefficient (Wildman–Crippen LogP) is 3.60. The Morgan fingerprint density at radius 1 is 1.33 bits per heavy atom. The van der Waals surface area contributed by atoms with Crippen LogP contribution in [-0.2, 0) is 4.79 Å². The van der Waals surface area contributed by atoms with Gasteiger partial charge in [-0.3, -0.25) is 4.79 Å². The number of benzene rings is 1. The number of hydrogen-bond acceptors (Lipinski definition) is 4. The van der Waals surface area contributed by atoms with Crippen molar-refractivity contribution >= 4 is 29.1 Å². The molecule has 126 valence electrons. The molecular weight excluding hydrogens is 324 g/mol. The number of nitrogens with one attached hydrogen (secondary N) is 1. The zero-order valence-electron chi connectivity index (χ0n) is 13.9. The van der Waals surface area contributed by atoms with E-state index >= 15 is 0 Å². The quantitative estimate of drug-likeness (QED) is 0.924. The van der Waals surface area contributed by atoms with Crippen LogP contribution in [0.1, 0.15) is 24.1 Å². The van der Waals surface area contributed by atoms with Crippen molar-refractivity contribution in [3.05, 3.63) is 46.7 Å². The first-order valence-corrected chi connectivity index (χ1v) is 8.52. The molecule has 5 nitrogen and oxygen atoms in total. The smallest absolute Gasteiger partial charge is 0.229 e. The molecule has 1 amide bonds. The van der Waals surface area contributed by atoms with E-state index in [4.69, 9.17) is 11.6 Å². The number of halogens is 1. The molecule has 0 spiro atoms. The van der Waals surface area contributed by atoms with Crippen LogP contribution in [0.15, 0.2) is 30.5 Å². The maximum absolute atomic E-state index is 12.7. The highest BCUT2D eigenvalue weighted by atomic mass is 35.5. The Morgan fingerprint density at radius 2 is 2.17 bits per heavy atom. The number of nitrogens with zero attached hydrogens (tertiary/aromatic N) is 3. The lowest BCUT2D eigenvalue weighted by Crippen LogP contribution is -2.41. The van der Waals surface area contributed by atoms with Gasteiger partial charge in [-0.25, -0.2) is 9.97 Å². The first-order valence-electron chi connectivity index (χ1n) is 8.14. The molecule has 1 N–H and O–H groups in total.